The van der Waals surface area contributed by atoms with E-state index in [4.69, 9.17) is 9.47 Å². The van der Waals surface area contributed by atoms with Crippen molar-refractivity contribution in [3.8, 4) is 0 Å². The van der Waals surface area contributed by atoms with Crippen LogP contribution in [-0.4, -0.2) is 35.3 Å². The molecule has 6 heteroatoms. The standard InChI is InChI=1S/C27H32BrNO4/c1-29(24-5-3-2-4-6-24)27(31)25-15-22(21-11-13-23(28)14-12-21)16-26(33-25)32-18-20-9-7-19(17-30)8-10-20/h7-15,22,24,26,30H,2-6,16-18H2,1H3/t22-,26+/m0/s1. The highest BCUT2D eigenvalue weighted by molar-refractivity contribution is 9.10. The second-order valence-electron chi connectivity index (χ2n) is 8.97. The molecule has 0 spiro atoms. The molecule has 33 heavy (non-hydrogen) atoms. The lowest BCUT2D eigenvalue weighted by Crippen LogP contribution is -2.41. The van der Waals surface area contributed by atoms with E-state index >= 15 is 0 Å². The third-order valence-electron chi connectivity index (χ3n) is 6.65. The van der Waals surface area contributed by atoms with Crippen LogP contribution in [0.15, 0.2) is 64.8 Å². The fourth-order valence-electron chi connectivity index (χ4n) is 4.59. The maximum absolute atomic E-state index is 13.4. The van der Waals surface area contributed by atoms with Crippen LogP contribution in [0.3, 0.4) is 0 Å². The number of rotatable bonds is 7. The Morgan fingerprint density at radius 2 is 1.73 bits per heavy atom. The van der Waals surface area contributed by atoms with Crippen molar-refractivity contribution in [3.63, 3.8) is 0 Å². The van der Waals surface area contributed by atoms with Crippen molar-refractivity contribution in [2.24, 2.45) is 0 Å². The SMILES string of the molecule is CN(C(=O)C1=C[C@H](c2ccc(Br)cc2)C[C@H](OCc2ccc(CO)cc2)O1)C1CCCCC1. The van der Waals surface area contributed by atoms with Crippen molar-refractivity contribution < 1.29 is 19.4 Å². The Labute approximate surface area is 204 Å². The van der Waals surface area contributed by atoms with E-state index in [1.807, 2.05) is 54.4 Å². The fraction of sp³-hybridized carbons (Fsp3) is 0.444. The van der Waals surface area contributed by atoms with Crippen molar-refractivity contribution in [3.05, 3.63) is 81.5 Å². The molecule has 1 N–H and O–H groups in total. The van der Waals surface area contributed by atoms with Gasteiger partial charge in [-0.05, 0) is 47.7 Å². The molecule has 2 aliphatic rings. The van der Waals surface area contributed by atoms with Gasteiger partial charge in [0.25, 0.3) is 5.91 Å². The normalized spacial score (nSPS) is 21.2. The minimum Gasteiger partial charge on any atom is -0.459 e. The third kappa shape index (κ3) is 6.25. The van der Waals surface area contributed by atoms with E-state index < -0.39 is 6.29 Å². The predicted molar refractivity (Wildman–Crippen MR) is 131 cm³/mol. The zero-order chi connectivity index (χ0) is 23.2. The summed E-state index contributed by atoms with van der Waals surface area (Å²) in [5.74, 6) is 0.347. The monoisotopic (exact) mass is 513 g/mol. The van der Waals surface area contributed by atoms with E-state index in [-0.39, 0.29) is 24.5 Å². The van der Waals surface area contributed by atoms with Crippen LogP contribution in [0.4, 0.5) is 0 Å². The first-order chi connectivity index (χ1) is 16.0. The van der Waals surface area contributed by atoms with Gasteiger partial charge in [-0.3, -0.25) is 4.79 Å². The molecule has 2 atom stereocenters. The number of carbonyl (C=O) groups is 1. The van der Waals surface area contributed by atoms with Crippen LogP contribution in [0.25, 0.3) is 0 Å². The number of carbonyl (C=O) groups excluding carboxylic acids is 1. The van der Waals surface area contributed by atoms with Gasteiger partial charge in [-0.2, -0.15) is 0 Å². The molecule has 1 aliphatic heterocycles. The van der Waals surface area contributed by atoms with Crippen molar-refractivity contribution in [1.82, 2.24) is 4.90 Å². The first-order valence-corrected chi connectivity index (χ1v) is 12.5. The van der Waals surface area contributed by atoms with Gasteiger partial charge in [-0.25, -0.2) is 0 Å². The van der Waals surface area contributed by atoms with Gasteiger partial charge in [0.05, 0.1) is 13.2 Å². The lowest BCUT2D eigenvalue weighted by molar-refractivity contribution is -0.156. The Hall–Kier alpha value is -2.15. The lowest BCUT2D eigenvalue weighted by Gasteiger charge is -2.34. The van der Waals surface area contributed by atoms with E-state index in [9.17, 15) is 9.90 Å². The van der Waals surface area contributed by atoms with E-state index in [2.05, 4.69) is 28.1 Å². The second kappa shape index (κ2) is 11.3. The molecule has 2 aromatic carbocycles. The number of halogens is 1. The van der Waals surface area contributed by atoms with E-state index in [0.29, 0.717) is 18.8 Å². The molecular formula is C27H32BrNO4. The summed E-state index contributed by atoms with van der Waals surface area (Å²) in [7, 11) is 1.89. The fourth-order valence-corrected chi connectivity index (χ4v) is 4.86. The molecule has 0 saturated heterocycles. The highest BCUT2D eigenvalue weighted by Gasteiger charge is 2.32. The Morgan fingerprint density at radius 1 is 1.06 bits per heavy atom. The topological polar surface area (TPSA) is 59.0 Å². The van der Waals surface area contributed by atoms with Gasteiger partial charge in [0, 0.05) is 29.9 Å². The summed E-state index contributed by atoms with van der Waals surface area (Å²) in [6.45, 7) is 0.399. The van der Waals surface area contributed by atoms with Crippen LogP contribution >= 0.6 is 15.9 Å². The van der Waals surface area contributed by atoms with Gasteiger partial charge >= 0.3 is 0 Å². The zero-order valence-electron chi connectivity index (χ0n) is 19.1. The number of allylic oxidation sites excluding steroid dienone is 1. The average Bonchev–Trinajstić information content (AvgIpc) is 2.87. The first kappa shape index (κ1) is 24.0. The number of amides is 1. The van der Waals surface area contributed by atoms with Crippen LogP contribution in [0.1, 0.15) is 61.1 Å². The summed E-state index contributed by atoms with van der Waals surface area (Å²) in [5.41, 5.74) is 3.00. The van der Waals surface area contributed by atoms with Crippen molar-refractivity contribution >= 4 is 21.8 Å². The van der Waals surface area contributed by atoms with Gasteiger partial charge in [-0.15, -0.1) is 0 Å². The summed E-state index contributed by atoms with van der Waals surface area (Å²) in [6.07, 6.45) is 7.78. The molecule has 5 nitrogen and oxygen atoms in total. The highest BCUT2D eigenvalue weighted by atomic mass is 79.9. The number of aliphatic hydroxyl groups excluding tert-OH is 1. The van der Waals surface area contributed by atoms with Crippen molar-refractivity contribution in [1.29, 1.82) is 0 Å². The molecule has 1 amide bonds. The predicted octanol–water partition coefficient (Wildman–Crippen LogP) is 5.66. The Kier molecular flexibility index (Phi) is 8.23. The molecule has 4 rings (SSSR count). The molecule has 1 heterocycles. The highest BCUT2D eigenvalue weighted by Crippen LogP contribution is 2.34. The number of aliphatic hydroxyl groups is 1. The molecule has 0 radical (unpaired) electrons. The smallest absolute Gasteiger partial charge is 0.288 e. The summed E-state index contributed by atoms with van der Waals surface area (Å²) in [6, 6.07) is 16.1. The van der Waals surface area contributed by atoms with Crippen molar-refractivity contribution in [2.75, 3.05) is 7.05 Å². The number of ether oxygens (including phenoxy) is 2. The summed E-state index contributed by atoms with van der Waals surface area (Å²) >= 11 is 3.50. The van der Waals surface area contributed by atoms with Gasteiger partial charge in [0.15, 0.2) is 5.76 Å². The van der Waals surface area contributed by atoms with Gasteiger partial charge in [0.2, 0.25) is 6.29 Å². The van der Waals surface area contributed by atoms with Gasteiger partial charge < -0.3 is 19.5 Å². The van der Waals surface area contributed by atoms with E-state index in [0.717, 1.165) is 34.0 Å². The summed E-state index contributed by atoms with van der Waals surface area (Å²) < 4.78 is 13.2. The molecule has 0 aromatic heterocycles. The van der Waals surface area contributed by atoms with E-state index in [1.54, 1.807) is 0 Å². The maximum atomic E-state index is 13.4. The molecule has 2 aromatic rings. The molecular weight excluding hydrogens is 482 g/mol. The zero-order valence-corrected chi connectivity index (χ0v) is 20.7. The Bertz CT molecular complexity index is 951. The Balaban J connectivity index is 1.50. The average molecular weight is 514 g/mol. The number of hydrogen-bond acceptors (Lipinski definition) is 4. The first-order valence-electron chi connectivity index (χ1n) is 11.7. The number of benzene rings is 2. The van der Waals surface area contributed by atoms with Crippen LogP contribution in [0.2, 0.25) is 0 Å². The minimum atomic E-state index is -0.514. The largest absolute Gasteiger partial charge is 0.459 e. The van der Waals surface area contributed by atoms with Crippen LogP contribution in [-0.2, 0) is 27.5 Å². The number of nitrogens with zero attached hydrogens (tertiary/aromatic N) is 1. The maximum Gasteiger partial charge on any atom is 0.288 e. The minimum absolute atomic E-state index is 0.0204. The quantitative estimate of drug-likeness (QED) is 0.518. The molecule has 1 saturated carbocycles. The number of hydrogen-bond donors (Lipinski definition) is 1. The van der Waals surface area contributed by atoms with Crippen LogP contribution in [0, 0.1) is 0 Å². The van der Waals surface area contributed by atoms with Crippen LogP contribution < -0.4 is 0 Å². The molecule has 176 valence electrons. The van der Waals surface area contributed by atoms with E-state index in [1.165, 1.54) is 19.3 Å². The van der Waals surface area contributed by atoms with Crippen LogP contribution in [0.5, 0.6) is 0 Å². The lowest BCUT2D eigenvalue weighted by atomic mass is 9.92. The molecule has 1 aliphatic carbocycles. The van der Waals surface area contributed by atoms with Crippen molar-refractivity contribution in [2.45, 2.75) is 70.0 Å². The Morgan fingerprint density at radius 3 is 2.39 bits per heavy atom. The van der Waals surface area contributed by atoms with Gasteiger partial charge in [0.1, 0.15) is 0 Å². The van der Waals surface area contributed by atoms with Gasteiger partial charge in [-0.1, -0.05) is 71.6 Å². The third-order valence-corrected chi connectivity index (χ3v) is 7.18. The molecule has 1 fully saturated rings. The number of likely N-dealkylation sites (N-methyl/N-ethyl adjacent to an activating group) is 1. The molecule has 0 bridgehead atoms. The summed E-state index contributed by atoms with van der Waals surface area (Å²) in [5, 5.41) is 9.24. The summed E-state index contributed by atoms with van der Waals surface area (Å²) in [4.78, 5) is 15.2. The second-order valence-corrected chi connectivity index (χ2v) is 9.88. The molecule has 0 unspecified atom stereocenters.